The molecule has 1 amide bonds. The van der Waals surface area contributed by atoms with E-state index in [4.69, 9.17) is 5.73 Å². The van der Waals surface area contributed by atoms with Crippen LogP contribution >= 0.6 is 0 Å². The minimum atomic E-state index is 0.245. The number of amides is 1. The third-order valence-electron chi connectivity index (χ3n) is 3.11. The van der Waals surface area contributed by atoms with E-state index < -0.39 is 0 Å². The van der Waals surface area contributed by atoms with Crippen LogP contribution in [0.1, 0.15) is 32.6 Å². The van der Waals surface area contributed by atoms with E-state index in [0.29, 0.717) is 18.9 Å². The Labute approximate surface area is 86.6 Å². The molecule has 14 heavy (non-hydrogen) atoms. The molecule has 1 unspecified atom stereocenters. The molecule has 1 aliphatic rings. The van der Waals surface area contributed by atoms with E-state index in [9.17, 15) is 4.79 Å². The first-order chi connectivity index (χ1) is 6.63. The number of carbonyl (C=O) groups is 1. The molecule has 0 heterocycles. The maximum atomic E-state index is 11.7. The lowest BCUT2D eigenvalue weighted by atomic mass is 9.85. The van der Waals surface area contributed by atoms with E-state index in [-0.39, 0.29) is 5.91 Å². The molecule has 0 aromatic rings. The predicted molar refractivity (Wildman–Crippen MR) is 57.8 cm³/mol. The van der Waals surface area contributed by atoms with Gasteiger partial charge in [-0.25, -0.2) is 0 Å². The second-order valence-corrected chi connectivity index (χ2v) is 4.62. The molecule has 0 aromatic carbocycles. The van der Waals surface area contributed by atoms with Crippen molar-refractivity contribution in [3.63, 3.8) is 0 Å². The first-order valence-electron chi connectivity index (χ1n) is 5.57. The first-order valence-corrected chi connectivity index (χ1v) is 5.57. The molecule has 1 atom stereocenters. The number of carbonyl (C=O) groups excluding carboxylic acids is 1. The van der Waals surface area contributed by atoms with Crippen LogP contribution in [0.25, 0.3) is 0 Å². The normalized spacial score (nSPS) is 18.8. The van der Waals surface area contributed by atoms with Gasteiger partial charge >= 0.3 is 0 Å². The Morgan fingerprint density at radius 2 is 2.21 bits per heavy atom. The lowest BCUT2D eigenvalue weighted by Crippen LogP contribution is -2.35. The molecule has 3 heteroatoms. The molecule has 0 bridgehead atoms. The first kappa shape index (κ1) is 11.5. The van der Waals surface area contributed by atoms with E-state index in [1.807, 2.05) is 18.9 Å². The van der Waals surface area contributed by atoms with E-state index in [1.54, 1.807) is 0 Å². The van der Waals surface area contributed by atoms with Crippen LogP contribution in [0.15, 0.2) is 0 Å². The number of nitrogens with zero attached hydrogens (tertiary/aromatic N) is 1. The summed E-state index contributed by atoms with van der Waals surface area (Å²) >= 11 is 0. The molecule has 82 valence electrons. The lowest BCUT2D eigenvalue weighted by molar-refractivity contribution is -0.131. The molecule has 1 aliphatic carbocycles. The average Bonchev–Trinajstić information content (AvgIpc) is 2.10. The zero-order chi connectivity index (χ0) is 10.6. The van der Waals surface area contributed by atoms with Crippen molar-refractivity contribution in [2.75, 3.05) is 20.1 Å². The molecule has 1 rings (SSSR count). The van der Waals surface area contributed by atoms with E-state index in [0.717, 1.165) is 12.5 Å². The van der Waals surface area contributed by atoms with Crippen LogP contribution in [0.4, 0.5) is 0 Å². The summed E-state index contributed by atoms with van der Waals surface area (Å²) in [5.74, 6) is 1.32. The van der Waals surface area contributed by atoms with Crippen molar-refractivity contribution in [3.05, 3.63) is 0 Å². The van der Waals surface area contributed by atoms with Gasteiger partial charge in [-0.2, -0.15) is 0 Å². The molecular weight excluding hydrogens is 176 g/mol. The molecule has 0 spiro atoms. The quantitative estimate of drug-likeness (QED) is 0.722. The van der Waals surface area contributed by atoms with Crippen molar-refractivity contribution in [3.8, 4) is 0 Å². The van der Waals surface area contributed by atoms with Crippen molar-refractivity contribution >= 4 is 5.91 Å². The third-order valence-corrected chi connectivity index (χ3v) is 3.11. The zero-order valence-corrected chi connectivity index (χ0v) is 9.33. The van der Waals surface area contributed by atoms with E-state index in [2.05, 4.69) is 0 Å². The summed E-state index contributed by atoms with van der Waals surface area (Å²) in [5.41, 5.74) is 5.49. The summed E-state index contributed by atoms with van der Waals surface area (Å²) in [4.78, 5) is 13.5. The van der Waals surface area contributed by atoms with Gasteiger partial charge in [-0.05, 0) is 31.2 Å². The van der Waals surface area contributed by atoms with Gasteiger partial charge in [-0.15, -0.1) is 0 Å². The van der Waals surface area contributed by atoms with Crippen LogP contribution in [0.2, 0.25) is 0 Å². The fraction of sp³-hybridized carbons (Fsp3) is 0.909. The second-order valence-electron chi connectivity index (χ2n) is 4.62. The van der Waals surface area contributed by atoms with Gasteiger partial charge in [0.2, 0.25) is 5.91 Å². The van der Waals surface area contributed by atoms with Crippen LogP contribution in [0.5, 0.6) is 0 Å². The van der Waals surface area contributed by atoms with Crippen LogP contribution in [0.3, 0.4) is 0 Å². The van der Waals surface area contributed by atoms with Gasteiger partial charge in [-0.1, -0.05) is 13.3 Å². The Morgan fingerprint density at radius 1 is 1.57 bits per heavy atom. The van der Waals surface area contributed by atoms with E-state index >= 15 is 0 Å². The molecule has 1 saturated carbocycles. The van der Waals surface area contributed by atoms with Crippen LogP contribution in [-0.4, -0.2) is 30.9 Å². The molecule has 0 radical (unpaired) electrons. The van der Waals surface area contributed by atoms with Gasteiger partial charge in [0.1, 0.15) is 0 Å². The maximum Gasteiger partial charge on any atom is 0.222 e. The fourth-order valence-corrected chi connectivity index (χ4v) is 1.70. The highest BCUT2D eigenvalue weighted by atomic mass is 16.2. The standard InChI is InChI=1S/C11H22N2O/c1-9(7-12)6-11(14)13(2)8-10-4-3-5-10/h9-10H,3-8,12H2,1-2H3. The SMILES string of the molecule is CC(CN)CC(=O)N(C)CC1CCC1. The minimum absolute atomic E-state index is 0.245. The van der Waals surface area contributed by atoms with Gasteiger partial charge in [0.25, 0.3) is 0 Å². The Balaban J connectivity index is 2.21. The molecule has 0 saturated heterocycles. The van der Waals surface area contributed by atoms with Gasteiger partial charge in [-0.3, -0.25) is 4.79 Å². The van der Waals surface area contributed by atoms with Crippen molar-refractivity contribution < 1.29 is 4.79 Å². The number of rotatable bonds is 5. The molecule has 3 nitrogen and oxygen atoms in total. The number of hydrogen-bond donors (Lipinski definition) is 1. The number of hydrogen-bond acceptors (Lipinski definition) is 2. The summed E-state index contributed by atoms with van der Waals surface area (Å²) in [6.45, 7) is 3.56. The highest BCUT2D eigenvalue weighted by molar-refractivity contribution is 5.76. The van der Waals surface area contributed by atoms with Crippen molar-refractivity contribution in [1.29, 1.82) is 0 Å². The predicted octanol–water partition coefficient (Wildman–Crippen LogP) is 1.23. The summed E-state index contributed by atoms with van der Waals surface area (Å²) in [6.07, 6.45) is 4.53. The third kappa shape index (κ3) is 3.29. The summed E-state index contributed by atoms with van der Waals surface area (Å²) in [6, 6.07) is 0. The highest BCUT2D eigenvalue weighted by Crippen LogP contribution is 2.26. The average molecular weight is 198 g/mol. The van der Waals surface area contributed by atoms with Gasteiger partial charge in [0, 0.05) is 20.0 Å². The number of nitrogens with two attached hydrogens (primary N) is 1. The second kappa shape index (κ2) is 5.35. The van der Waals surface area contributed by atoms with Crippen molar-refractivity contribution in [2.24, 2.45) is 17.6 Å². The Morgan fingerprint density at radius 3 is 2.64 bits per heavy atom. The summed E-state index contributed by atoms with van der Waals surface area (Å²) in [7, 11) is 1.91. The highest BCUT2D eigenvalue weighted by Gasteiger charge is 2.21. The van der Waals surface area contributed by atoms with Gasteiger partial charge < -0.3 is 10.6 Å². The lowest BCUT2D eigenvalue weighted by Gasteiger charge is -2.30. The molecule has 2 N–H and O–H groups in total. The smallest absolute Gasteiger partial charge is 0.222 e. The Hall–Kier alpha value is -0.570. The minimum Gasteiger partial charge on any atom is -0.345 e. The summed E-state index contributed by atoms with van der Waals surface area (Å²) in [5, 5.41) is 0. The van der Waals surface area contributed by atoms with Crippen molar-refractivity contribution in [2.45, 2.75) is 32.6 Å². The maximum absolute atomic E-state index is 11.7. The molecule has 1 fully saturated rings. The Bertz CT molecular complexity index is 190. The van der Waals surface area contributed by atoms with Crippen LogP contribution < -0.4 is 5.73 Å². The fourth-order valence-electron chi connectivity index (χ4n) is 1.70. The molecule has 0 aliphatic heterocycles. The van der Waals surface area contributed by atoms with Crippen molar-refractivity contribution in [1.82, 2.24) is 4.90 Å². The largest absolute Gasteiger partial charge is 0.345 e. The zero-order valence-electron chi connectivity index (χ0n) is 9.33. The van der Waals surface area contributed by atoms with Crippen LogP contribution in [-0.2, 0) is 4.79 Å². The monoisotopic (exact) mass is 198 g/mol. The topological polar surface area (TPSA) is 46.3 Å². The van der Waals surface area contributed by atoms with Gasteiger partial charge in [0.05, 0.1) is 0 Å². The van der Waals surface area contributed by atoms with Crippen LogP contribution in [0, 0.1) is 11.8 Å². The molecular formula is C11H22N2O. The van der Waals surface area contributed by atoms with Gasteiger partial charge in [0.15, 0.2) is 0 Å². The molecule has 0 aromatic heterocycles. The Kier molecular flexibility index (Phi) is 4.39. The van der Waals surface area contributed by atoms with E-state index in [1.165, 1.54) is 19.3 Å². The summed E-state index contributed by atoms with van der Waals surface area (Å²) < 4.78 is 0.